The molecule has 4 nitrogen and oxygen atoms in total. The minimum Gasteiger partial charge on any atom is -0.377 e. The van der Waals surface area contributed by atoms with Crippen molar-refractivity contribution >= 4 is 16.5 Å². The molecule has 0 aliphatic rings. The van der Waals surface area contributed by atoms with Crippen LogP contribution in [0.15, 0.2) is 5.38 Å². The minimum absolute atomic E-state index is 0.292. The molecule has 0 aliphatic heterocycles. The van der Waals surface area contributed by atoms with Gasteiger partial charge in [-0.3, -0.25) is 0 Å². The van der Waals surface area contributed by atoms with Crippen molar-refractivity contribution in [2.45, 2.75) is 40.3 Å². The summed E-state index contributed by atoms with van der Waals surface area (Å²) in [6.07, 6.45) is 0.292. The van der Waals surface area contributed by atoms with Crippen LogP contribution in [0.2, 0.25) is 0 Å². The summed E-state index contributed by atoms with van der Waals surface area (Å²) in [5.41, 5.74) is 1.12. The van der Waals surface area contributed by atoms with Crippen LogP contribution in [-0.4, -0.2) is 37.8 Å². The lowest BCUT2D eigenvalue weighted by Gasteiger charge is -2.16. The molecule has 0 amide bonds. The first-order valence-electron chi connectivity index (χ1n) is 6.97. The maximum Gasteiger partial charge on any atom is 0.185 e. The van der Waals surface area contributed by atoms with Crippen molar-refractivity contribution < 1.29 is 4.74 Å². The second-order valence-electron chi connectivity index (χ2n) is 5.49. The first-order chi connectivity index (χ1) is 8.99. The van der Waals surface area contributed by atoms with Crippen molar-refractivity contribution in [3.8, 4) is 0 Å². The molecule has 0 saturated carbocycles. The van der Waals surface area contributed by atoms with Crippen LogP contribution in [0, 0.1) is 5.92 Å². The maximum atomic E-state index is 5.55. The number of hydrogen-bond acceptors (Lipinski definition) is 5. The van der Waals surface area contributed by atoms with Crippen LogP contribution >= 0.6 is 11.3 Å². The monoisotopic (exact) mass is 285 g/mol. The molecule has 0 unspecified atom stereocenters. The summed E-state index contributed by atoms with van der Waals surface area (Å²) >= 11 is 1.69. The van der Waals surface area contributed by atoms with Gasteiger partial charge >= 0.3 is 0 Å². The molecule has 110 valence electrons. The summed E-state index contributed by atoms with van der Waals surface area (Å²) in [5, 5.41) is 6.60. The Morgan fingerprint density at radius 1 is 1.37 bits per heavy atom. The van der Waals surface area contributed by atoms with Crippen LogP contribution in [0.4, 0.5) is 5.13 Å². The number of nitrogens with zero attached hydrogens (tertiary/aromatic N) is 2. The molecule has 0 aromatic carbocycles. The molecule has 0 fully saturated rings. The third kappa shape index (κ3) is 6.89. The van der Waals surface area contributed by atoms with Gasteiger partial charge in [-0.2, -0.15) is 0 Å². The van der Waals surface area contributed by atoms with Gasteiger partial charge in [-0.05, 0) is 26.3 Å². The van der Waals surface area contributed by atoms with Crippen molar-refractivity contribution in [2.75, 3.05) is 31.6 Å². The maximum absolute atomic E-state index is 5.55. The zero-order valence-electron chi connectivity index (χ0n) is 12.8. The molecule has 0 atom stereocenters. The molecule has 19 heavy (non-hydrogen) atoms. The second-order valence-corrected chi connectivity index (χ2v) is 6.32. The van der Waals surface area contributed by atoms with Gasteiger partial charge in [0.25, 0.3) is 0 Å². The average molecular weight is 285 g/mol. The SMILES string of the molecule is CC(C)CNCc1csc(N(C)CCOC(C)C)n1. The number of thiazole rings is 1. The van der Waals surface area contributed by atoms with Gasteiger partial charge in [0, 0.05) is 25.5 Å². The first-order valence-corrected chi connectivity index (χ1v) is 7.85. The summed E-state index contributed by atoms with van der Waals surface area (Å²) in [5.74, 6) is 0.675. The lowest BCUT2D eigenvalue weighted by atomic mass is 10.2. The molecule has 5 heteroatoms. The van der Waals surface area contributed by atoms with Gasteiger partial charge in [0.1, 0.15) is 0 Å². The number of likely N-dealkylation sites (N-methyl/N-ethyl adjacent to an activating group) is 1. The van der Waals surface area contributed by atoms with Crippen molar-refractivity contribution in [3.05, 3.63) is 11.1 Å². The normalized spacial score (nSPS) is 11.5. The summed E-state index contributed by atoms with van der Waals surface area (Å²) in [6, 6.07) is 0. The van der Waals surface area contributed by atoms with E-state index in [-0.39, 0.29) is 0 Å². The van der Waals surface area contributed by atoms with Crippen LogP contribution < -0.4 is 10.2 Å². The Morgan fingerprint density at radius 2 is 2.11 bits per heavy atom. The van der Waals surface area contributed by atoms with Crippen LogP contribution in [0.1, 0.15) is 33.4 Å². The molecule has 1 aromatic heterocycles. The highest BCUT2D eigenvalue weighted by Gasteiger charge is 2.07. The van der Waals surface area contributed by atoms with Gasteiger partial charge < -0.3 is 15.0 Å². The van der Waals surface area contributed by atoms with Crippen molar-refractivity contribution in [2.24, 2.45) is 5.92 Å². The largest absolute Gasteiger partial charge is 0.377 e. The van der Waals surface area contributed by atoms with Gasteiger partial charge in [0.2, 0.25) is 0 Å². The van der Waals surface area contributed by atoms with E-state index in [2.05, 4.69) is 55.3 Å². The topological polar surface area (TPSA) is 37.4 Å². The highest BCUT2D eigenvalue weighted by molar-refractivity contribution is 7.13. The van der Waals surface area contributed by atoms with E-state index in [4.69, 9.17) is 4.74 Å². The smallest absolute Gasteiger partial charge is 0.185 e. The molecular formula is C14H27N3OS. The van der Waals surface area contributed by atoms with E-state index in [1.807, 2.05) is 0 Å². The predicted octanol–water partition coefficient (Wildman–Crippen LogP) is 2.75. The Bertz CT molecular complexity index is 352. The molecule has 0 bridgehead atoms. The summed E-state index contributed by atoms with van der Waals surface area (Å²) in [4.78, 5) is 6.78. The molecular weight excluding hydrogens is 258 g/mol. The minimum atomic E-state index is 0.292. The average Bonchev–Trinajstić information content (AvgIpc) is 2.76. The fraction of sp³-hybridized carbons (Fsp3) is 0.786. The van der Waals surface area contributed by atoms with E-state index in [1.165, 1.54) is 0 Å². The van der Waals surface area contributed by atoms with Crippen molar-refractivity contribution in [3.63, 3.8) is 0 Å². The lowest BCUT2D eigenvalue weighted by molar-refractivity contribution is 0.0846. The Labute approximate surface area is 121 Å². The summed E-state index contributed by atoms with van der Waals surface area (Å²) < 4.78 is 5.55. The van der Waals surface area contributed by atoms with Crippen molar-refractivity contribution in [1.82, 2.24) is 10.3 Å². The molecule has 1 N–H and O–H groups in total. The number of aromatic nitrogens is 1. The Hall–Kier alpha value is -0.650. The molecule has 1 heterocycles. The third-order valence-corrected chi connectivity index (χ3v) is 3.61. The van der Waals surface area contributed by atoms with Crippen LogP contribution in [0.25, 0.3) is 0 Å². The quantitative estimate of drug-likeness (QED) is 0.757. The standard InChI is InChI=1S/C14H27N3OS/c1-11(2)8-15-9-13-10-19-14(16-13)17(5)6-7-18-12(3)4/h10-12,15H,6-9H2,1-5H3. The van der Waals surface area contributed by atoms with Crippen LogP contribution in [0.3, 0.4) is 0 Å². The number of rotatable bonds is 9. The Kier molecular flexibility index (Phi) is 7.34. The van der Waals surface area contributed by atoms with Gasteiger partial charge in [0.15, 0.2) is 5.13 Å². The number of hydrogen-bond donors (Lipinski definition) is 1. The van der Waals surface area contributed by atoms with Gasteiger partial charge in [-0.15, -0.1) is 11.3 Å². The van der Waals surface area contributed by atoms with Gasteiger partial charge in [-0.1, -0.05) is 13.8 Å². The fourth-order valence-corrected chi connectivity index (χ4v) is 2.38. The second kappa shape index (κ2) is 8.51. The highest BCUT2D eigenvalue weighted by Crippen LogP contribution is 2.19. The predicted molar refractivity (Wildman–Crippen MR) is 83.0 cm³/mol. The molecule has 1 rings (SSSR count). The van der Waals surface area contributed by atoms with Crippen molar-refractivity contribution in [1.29, 1.82) is 0 Å². The Morgan fingerprint density at radius 3 is 2.74 bits per heavy atom. The lowest BCUT2D eigenvalue weighted by Crippen LogP contribution is -2.24. The molecule has 0 radical (unpaired) electrons. The van der Waals surface area contributed by atoms with E-state index in [9.17, 15) is 0 Å². The van der Waals surface area contributed by atoms with E-state index < -0.39 is 0 Å². The van der Waals surface area contributed by atoms with E-state index in [1.54, 1.807) is 11.3 Å². The van der Waals surface area contributed by atoms with Gasteiger partial charge in [-0.25, -0.2) is 4.98 Å². The molecule has 0 aliphatic carbocycles. The van der Waals surface area contributed by atoms with E-state index in [0.717, 1.165) is 37.1 Å². The Balaban J connectivity index is 2.32. The molecule has 1 aromatic rings. The number of nitrogens with one attached hydrogen (secondary N) is 1. The zero-order valence-corrected chi connectivity index (χ0v) is 13.6. The first kappa shape index (κ1) is 16.4. The highest BCUT2D eigenvalue weighted by atomic mass is 32.1. The van der Waals surface area contributed by atoms with Gasteiger partial charge in [0.05, 0.1) is 18.4 Å². The third-order valence-electron chi connectivity index (χ3n) is 2.60. The van der Waals surface area contributed by atoms with Crippen LogP contribution in [0.5, 0.6) is 0 Å². The summed E-state index contributed by atoms with van der Waals surface area (Å²) in [7, 11) is 2.06. The molecule has 0 spiro atoms. The fourth-order valence-electron chi connectivity index (χ4n) is 1.56. The molecule has 0 saturated heterocycles. The summed E-state index contributed by atoms with van der Waals surface area (Å²) in [6.45, 7) is 12.0. The van der Waals surface area contributed by atoms with E-state index >= 15 is 0 Å². The number of ether oxygens (including phenoxy) is 1. The van der Waals surface area contributed by atoms with Crippen LogP contribution in [-0.2, 0) is 11.3 Å². The zero-order chi connectivity index (χ0) is 14.3. The number of anilines is 1. The van der Waals surface area contributed by atoms with E-state index in [0.29, 0.717) is 12.0 Å².